The van der Waals surface area contributed by atoms with E-state index in [2.05, 4.69) is 20.9 Å². The highest BCUT2D eigenvalue weighted by atomic mass is 16.5. The monoisotopic (exact) mass is 679 g/mol. The van der Waals surface area contributed by atoms with Crippen molar-refractivity contribution < 1.29 is 48.1 Å². The molecule has 2 heterocycles. The van der Waals surface area contributed by atoms with Gasteiger partial charge in [0.25, 0.3) is 5.89 Å². The number of hydrogen-bond donors (Lipinski definition) is 5. The van der Waals surface area contributed by atoms with Crippen molar-refractivity contribution >= 4 is 46.5 Å². The minimum absolute atomic E-state index is 0.0420. The van der Waals surface area contributed by atoms with Crippen LogP contribution in [0.5, 0.6) is 11.5 Å². The number of methoxy groups -OCH3 is 1. The Bertz CT molecular complexity index is 1700. The van der Waals surface area contributed by atoms with Crippen LogP contribution in [-0.4, -0.2) is 93.3 Å². The van der Waals surface area contributed by atoms with E-state index in [1.54, 1.807) is 44.2 Å². The Labute approximate surface area is 282 Å². The van der Waals surface area contributed by atoms with Crippen molar-refractivity contribution in [3.63, 3.8) is 0 Å². The van der Waals surface area contributed by atoms with E-state index in [0.717, 1.165) is 0 Å². The summed E-state index contributed by atoms with van der Waals surface area (Å²) in [6.07, 6.45) is 0.717. The third kappa shape index (κ3) is 9.12. The van der Waals surface area contributed by atoms with E-state index in [4.69, 9.17) is 9.15 Å². The smallest absolute Gasteiger partial charge is 0.305 e. The molecule has 0 radical (unpaired) electrons. The predicted octanol–water partition coefficient (Wildman–Crippen LogP) is 1.95. The molecule has 2 aromatic carbocycles. The number of amides is 4. The number of Topliss-reactive ketones (excluding diaryl/α,β-unsaturated/α-hetero) is 1. The molecular formula is C34H41N5O10. The van der Waals surface area contributed by atoms with Crippen LogP contribution in [-0.2, 0) is 30.4 Å². The highest BCUT2D eigenvalue weighted by Crippen LogP contribution is 2.27. The number of oxazole rings is 1. The summed E-state index contributed by atoms with van der Waals surface area (Å²) in [5, 5.41) is 27.0. The Balaban J connectivity index is 1.53. The number of benzene rings is 2. The number of likely N-dealkylation sites (tertiary alicyclic amines) is 1. The number of phenolic OH excluding ortho intramolecular Hbond substituents is 1. The van der Waals surface area contributed by atoms with Crippen molar-refractivity contribution in [3.05, 3.63) is 53.9 Å². The molecule has 0 bridgehead atoms. The number of ketones is 1. The number of carbonyl (C=O) groups is 6. The average Bonchev–Trinajstić information content (AvgIpc) is 3.51. The van der Waals surface area contributed by atoms with Gasteiger partial charge in [-0.1, -0.05) is 32.0 Å². The van der Waals surface area contributed by atoms with Gasteiger partial charge in [0.1, 0.15) is 35.4 Å². The number of aromatic hydroxyl groups is 1. The summed E-state index contributed by atoms with van der Waals surface area (Å²) in [7, 11) is 1.41. The van der Waals surface area contributed by atoms with Crippen LogP contribution in [0.3, 0.4) is 0 Å². The molecule has 15 nitrogen and oxygen atoms in total. The molecule has 0 saturated carbocycles. The summed E-state index contributed by atoms with van der Waals surface area (Å²) in [5.74, 6) is -5.05. The van der Waals surface area contributed by atoms with Crippen molar-refractivity contribution in [1.29, 1.82) is 0 Å². The lowest BCUT2D eigenvalue weighted by Crippen LogP contribution is -2.61. The number of hydrogen-bond acceptors (Lipinski definition) is 10. The van der Waals surface area contributed by atoms with E-state index in [1.807, 2.05) is 0 Å². The van der Waals surface area contributed by atoms with Gasteiger partial charge in [0, 0.05) is 19.9 Å². The molecule has 49 heavy (non-hydrogen) atoms. The summed E-state index contributed by atoms with van der Waals surface area (Å²) in [6.45, 7) is 4.90. The summed E-state index contributed by atoms with van der Waals surface area (Å²) in [4.78, 5) is 83.9. The molecule has 262 valence electrons. The average molecular weight is 680 g/mol. The van der Waals surface area contributed by atoms with Gasteiger partial charge < -0.3 is 40.2 Å². The minimum Gasteiger partial charge on any atom is -0.508 e. The Hall–Kier alpha value is -5.47. The van der Waals surface area contributed by atoms with E-state index in [9.17, 15) is 39.0 Å². The number of carboxylic acids is 1. The van der Waals surface area contributed by atoms with Crippen LogP contribution in [0.1, 0.15) is 62.7 Å². The van der Waals surface area contributed by atoms with E-state index in [0.29, 0.717) is 29.7 Å². The Morgan fingerprint density at radius 1 is 1.00 bits per heavy atom. The third-order valence-corrected chi connectivity index (χ3v) is 8.21. The number of rotatable bonds is 14. The molecule has 4 rings (SSSR count). The van der Waals surface area contributed by atoms with Crippen LogP contribution in [0, 0.1) is 5.92 Å². The summed E-state index contributed by atoms with van der Waals surface area (Å²) >= 11 is 0. The fourth-order valence-corrected chi connectivity index (χ4v) is 5.73. The number of fused-ring (bicyclic) bond motifs is 1. The number of nitrogens with zero attached hydrogens (tertiary/aromatic N) is 2. The lowest BCUT2D eigenvalue weighted by molar-refractivity contribution is -0.146. The van der Waals surface area contributed by atoms with E-state index >= 15 is 0 Å². The molecule has 3 aromatic rings. The molecule has 1 aromatic heterocycles. The molecule has 1 aliphatic rings. The van der Waals surface area contributed by atoms with Crippen molar-refractivity contribution in [2.75, 3.05) is 13.7 Å². The fourth-order valence-electron chi connectivity index (χ4n) is 5.73. The molecular weight excluding hydrogens is 638 g/mol. The molecule has 0 aliphatic carbocycles. The largest absolute Gasteiger partial charge is 0.508 e. The number of piperidine rings is 1. The van der Waals surface area contributed by atoms with Gasteiger partial charge in [0.2, 0.25) is 29.4 Å². The molecule has 4 atom stereocenters. The zero-order valence-corrected chi connectivity index (χ0v) is 27.7. The first-order chi connectivity index (χ1) is 23.3. The van der Waals surface area contributed by atoms with E-state index in [-0.39, 0.29) is 30.7 Å². The first-order valence-corrected chi connectivity index (χ1v) is 15.9. The number of ether oxygens (including phenoxy) is 1. The highest BCUT2D eigenvalue weighted by Gasteiger charge is 2.40. The predicted molar refractivity (Wildman–Crippen MR) is 175 cm³/mol. The lowest BCUT2D eigenvalue weighted by atomic mass is 9.95. The van der Waals surface area contributed by atoms with Crippen molar-refractivity contribution in [3.8, 4) is 11.5 Å². The molecule has 15 heteroatoms. The fraction of sp³-hybridized carbons (Fsp3) is 0.441. The quantitative estimate of drug-likeness (QED) is 0.155. The molecule has 4 amide bonds. The summed E-state index contributed by atoms with van der Waals surface area (Å²) in [5.41, 5.74) is 1.15. The van der Waals surface area contributed by atoms with Gasteiger partial charge in [-0.2, -0.15) is 0 Å². The highest BCUT2D eigenvalue weighted by molar-refractivity contribution is 6.03. The van der Waals surface area contributed by atoms with Gasteiger partial charge in [0.15, 0.2) is 11.3 Å². The number of carboxylic acid groups (broad SMARTS) is 1. The normalized spacial score (nSPS) is 16.3. The van der Waals surface area contributed by atoms with E-state index in [1.165, 1.54) is 31.1 Å². The Morgan fingerprint density at radius 3 is 2.35 bits per heavy atom. The molecule has 1 saturated heterocycles. The molecule has 1 aliphatic heterocycles. The molecule has 1 unspecified atom stereocenters. The number of aromatic nitrogens is 1. The summed E-state index contributed by atoms with van der Waals surface area (Å²) < 4.78 is 10.9. The van der Waals surface area contributed by atoms with Crippen molar-refractivity contribution in [1.82, 2.24) is 25.8 Å². The van der Waals surface area contributed by atoms with Crippen LogP contribution in [0.15, 0.2) is 46.9 Å². The number of aliphatic carboxylic acids is 1. The van der Waals surface area contributed by atoms with E-state index < -0.39 is 77.8 Å². The van der Waals surface area contributed by atoms with Crippen LogP contribution in [0.4, 0.5) is 0 Å². The van der Waals surface area contributed by atoms with Crippen LogP contribution < -0.4 is 20.7 Å². The zero-order valence-electron chi connectivity index (χ0n) is 27.7. The van der Waals surface area contributed by atoms with Crippen LogP contribution in [0.2, 0.25) is 0 Å². The Morgan fingerprint density at radius 2 is 1.71 bits per heavy atom. The van der Waals surface area contributed by atoms with Crippen molar-refractivity contribution in [2.24, 2.45) is 5.92 Å². The van der Waals surface area contributed by atoms with Gasteiger partial charge in [-0.25, -0.2) is 4.98 Å². The Kier molecular flexibility index (Phi) is 11.9. The number of para-hydroxylation sites is 1. The maximum absolute atomic E-state index is 14.0. The molecule has 0 spiro atoms. The standard InChI is InChI=1S/C34H41N5O10/c1-18(2)28(38-31(45)24(35-19(3)40)16-20-11-13-21(41)14-12-20)34(47)39-15-6-5-9-25(39)32(46)36-23(17-27(42)43)29(44)33-37-22-8-7-10-26(48-4)30(22)49-33/h7-8,10-14,18,23-25,28,41H,5-6,9,15-17H2,1-4H3,(H,35,40)(H,36,46)(H,38,45)(H,42,43)/t23-,24-,25?,28-/m0/s1. The third-order valence-electron chi connectivity index (χ3n) is 8.21. The topological polar surface area (TPSA) is 217 Å². The van der Waals surface area contributed by atoms with Gasteiger partial charge in [-0.3, -0.25) is 28.8 Å². The zero-order chi connectivity index (χ0) is 35.8. The number of phenols is 1. The lowest BCUT2D eigenvalue weighted by Gasteiger charge is -2.38. The molecule has 5 N–H and O–H groups in total. The maximum atomic E-state index is 14.0. The first kappa shape index (κ1) is 36.4. The minimum atomic E-state index is -1.55. The number of nitrogens with one attached hydrogen (secondary N) is 3. The van der Waals surface area contributed by atoms with Gasteiger partial charge in [-0.15, -0.1) is 0 Å². The maximum Gasteiger partial charge on any atom is 0.305 e. The second-order valence-electron chi connectivity index (χ2n) is 12.2. The van der Waals surface area contributed by atoms with Crippen molar-refractivity contribution in [2.45, 2.75) is 77.0 Å². The summed E-state index contributed by atoms with van der Waals surface area (Å²) in [6, 6.07) is 6.25. The SMILES string of the molecule is COc1cccc2nc(C(=O)[C@H](CC(=O)O)NC(=O)C3CCCCN3C(=O)[C@@H](NC(=O)[C@H](Cc3ccc(O)cc3)NC(C)=O)C(C)C)oc12. The van der Waals surface area contributed by atoms with Crippen LogP contribution >= 0.6 is 0 Å². The first-order valence-electron chi connectivity index (χ1n) is 15.9. The number of carbonyl (C=O) groups excluding carboxylic acids is 5. The van der Waals surface area contributed by atoms with Gasteiger partial charge in [0.05, 0.1) is 13.5 Å². The second-order valence-corrected chi connectivity index (χ2v) is 12.2. The van der Waals surface area contributed by atoms with Gasteiger partial charge in [-0.05, 0) is 55.0 Å². The second kappa shape index (κ2) is 16.1. The van der Waals surface area contributed by atoms with Crippen LogP contribution in [0.25, 0.3) is 11.1 Å². The van der Waals surface area contributed by atoms with Gasteiger partial charge >= 0.3 is 5.97 Å². The molecule has 1 fully saturated rings.